The zero-order chi connectivity index (χ0) is 24.1. The van der Waals surface area contributed by atoms with Gasteiger partial charge in [-0.2, -0.15) is 5.26 Å². The minimum atomic E-state index is -0.501. The summed E-state index contributed by atoms with van der Waals surface area (Å²) in [7, 11) is 1.61. The third-order valence-electron chi connectivity index (χ3n) is 4.91. The summed E-state index contributed by atoms with van der Waals surface area (Å²) in [5.74, 6) is 0.516. The van der Waals surface area contributed by atoms with Gasteiger partial charge in [0, 0.05) is 21.5 Å². The molecule has 1 atom stereocenters. The monoisotopic (exact) mass is 506 g/mol. The van der Waals surface area contributed by atoms with Crippen LogP contribution >= 0.6 is 34.7 Å². The smallest absolute Gasteiger partial charge is 0.239 e. The number of nitriles is 1. The largest absolute Gasteiger partial charge is 0.497 e. The number of carbonyl (C=O) groups excluding carboxylic acids is 1. The molecule has 0 aliphatic heterocycles. The third-order valence-corrected chi connectivity index (χ3v) is 7.10. The van der Waals surface area contributed by atoms with Crippen LogP contribution in [0.25, 0.3) is 22.5 Å². The Morgan fingerprint density at radius 3 is 2.59 bits per heavy atom. The summed E-state index contributed by atoms with van der Waals surface area (Å²) < 4.78 is 5.20. The predicted molar refractivity (Wildman–Crippen MR) is 137 cm³/mol. The average Bonchev–Trinajstić information content (AvgIpc) is 3.32. The average molecular weight is 507 g/mol. The highest BCUT2D eigenvalue weighted by atomic mass is 35.5. The maximum Gasteiger partial charge on any atom is 0.239 e. The number of hydrogen-bond donors (Lipinski definition) is 1. The summed E-state index contributed by atoms with van der Waals surface area (Å²) in [6.07, 6.45) is 0. The quantitative estimate of drug-likeness (QED) is 0.287. The molecule has 34 heavy (non-hydrogen) atoms. The van der Waals surface area contributed by atoms with E-state index in [0.717, 1.165) is 16.9 Å². The van der Waals surface area contributed by atoms with E-state index in [-0.39, 0.29) is 5.91 Å². The van der Waals surface area contributed by atoms with Gasteiger partial charge in [0.05, 0.1) is 29.3 Å². The lowest BCUT2D eigenvalue weighted by molar-refractivity contribution is -0.115. The van der Waals surface area contributed by atoms with E-state index in [1.165, 1.54) is 23.1 Å². The van der Waals surface area contributed by atoms with Gasteiger partial charge in [0.2, 0.25) is 5.91 Å². The first kappa shape index (κ1) is 23.8. The number of halogens is 1. The first-order chi connectivity index (χ1) is 16.5. The number of nitrogens with zero attached hydrogens (tertiary/aromatic N) is 3. The SMILES string of the molecule is COc1ccc(-c2ccc(C#N)c(SC(C)C(=O)Nc3nc(-c4ccccc4Cl)cs3)n2)cc1. The second-order valence-electron chi connectivity index (χ2n) is 7.16. The topological polar surface area (TPSA) is 87.9 Å². The van der Waals surface area contributed by atoms with Crippen molar-refractivity contribution in [3.63, 3.8) is 0 Å². The molecule has 1 amide bonds. The summed E-state index contributed by atoms with van der Waals surface area (Å²) >= 11 is 8.81. The molecule has 2 aromatic carbocycles. The van der Waals surface area contributed by atoms with Crippen LogP contribution in [-0.2, 0) is 4.79 Å². The van der Waals surface area contributed by atoms with Crippen LogP contribution in [0.1, 0.15) is 12.5 Å². The zero-order valence-corrected chi connectivity index (χ0v) is 20.7. The standard InChI is InChI=1S/C25H19ClN4O2S2/c1-15(23(31)30-25-29-22(14-33-25)19-5-3-4-6-20(19)26)34-24-17(13-27)9-12-21(28-24)16-7-10-18(32-2)11-8-16/h3-12,14-15H,1-2H3,(H,29,30,31). The predicted octanol–water partition coefficient (Wildman–Crippen LogP) is 6.53. The fourth-order valence-electron chi connectivity index (χ4n) is 3.09. The van der Waals surface area contributed by atoms with Crippen molar-refractivity contribution in [2.45, 2.75) is 17.2 Å². The van der Waals surface area contributed by atoms with Gasteiger partial charge in [0.15, 0.2) is 5.13 Å². The summed E-state index contributed by atoms with van der Waals surface area (Å²) in [6, 6.07) is 20.6. The molecule has 0 fully saturated rings. The Balaban J connectivity index is 1.48. The lowest BCUT2D eigenvalue weighted by Gasteiger charge is -2.12. The van der Waals surface area contributed by atoms with Crippen LogP contribution in [0.15, 0.2) is 71.1 Å². The van der Waals surface area contributed by atoms with Gasteiger partial charge in [0.25, 0.3) is 0 Å². The van der Waals surface area contributed by atoms with Crippen LogP contribution in [-0.4, -0.2) is 28.2 Å². The lowest BCUT2D eigenvalue weighted by Crippen LogP contribution is -2.22. The number of rotatable bonds is 7. The first-order valence-corrected chi connectivity index (χ1v) is 12.4. The van der Waals surface area contributed by atoms with Crippen molar-refractivity contribution in [3.8, 4) is 34.3 Å². The van der Waals surface area contributed by atoms with Gasteiger partial charge in [-0.05, 0) is 49.4 Å². The maximum absolute atomic E-state index is 12.8. The van der Waals surface area contributed by atoms with Crippen molar-refractivity contribution in [2.24, 2.45) is 0 Å². The van der Waals surface area contributed by atoms with E-state index in [2.05, 4.69) is 21.4 Å². The second kappa shape index (κ2) is 10.7. The molecule has 0 saturated heterocycles. The number of nitrogens with one attached hydrogen (secondary N) is 1. The van der Waals surface area contributed by atoms with Crippen molar-refractivity contribution < 1.29 is 9.53 Å². The third kappa shape index (κ3) is 5.39. The van der Waals surface area contributed by atoms with Gasteiger partial charge < -0.3 is 10.1 Å². The Hall–Kier alpha value is -3.38. The number of aromatic nitrogens is 2. The molecule has 6 nitrogen and oxygen atoms in total. The number of ether oxygens (including phenoxy) is 1. The number of thiazole rings is 1. The molecule has 4 aromatic rings. The van der Waals surface area contributed by atoms with Crippen molar-refractivity contribution in [1.29, 1.82) is 5.26 Å². The zero-order valence-electron chi connectivity index (χ0n) is 18.3. The van der Waals surface area contributed by atoms with Gasteiger partial charge in [-0.15, -0.1) is 11.3 Å². The Morgan fingerprint density at radius 2 is 1.88 bits per heavy atom. The number of methoxy groups -OCH3 is 1. The van der Waals surface area contributed by atoms with Gasteiger partial charge in [-0.25, -0.2) is 9.97 Å². The van der Waals surface area contributed by atoms with E-state index >= 15 is 0 Å². The van der Waals surface area contributed by atoms with Gasteiger partial charge in [-0.1, -0.05) is 41.6 Å². The molecule has 1 unspecified atom stereocenters. The Kier molecular flexibility index (Phi) is 7.48. The lowest BCUT2D eigenvalue weighted by atomic mass is 10.1. The molecule has 0 bridgehead atoms. The molecule has 2 aromatic heterocycles. The molecule has 2 heterocycles. The maximum atomic E-state index is 12.8. The van der Waals surface area contributed by atoms with Crippen LogP contribution in [0, 0.1) is 11.3 Å². The summed E-state index contributed by atoms with van der Waals surface area (Å²) in [5, 5.41) is 15.3. The van der Waals surface area contributed by atoms with Gasteiger partial charge in [0.1, 0.15) is 16.8 Å². The summed E-state index contributed by atoms with van der Waals surface area (Å²) in [5.41, 5.74) is 3.52. The molecule has 170 valence electrons. The molecule has 9 heteroatoms. The first-order valence-electron chi connectivity index (χ1n) is 10.2. The molecule has 0 spiro atoms. The van der Waals surface area contributed by atoms with Crippen LogP contribution in [0.2, 0.25) is 5.02 Å². The molecule has 0 aliphatic carbocycles. The highest BCUT2D eigenvalue weighted by molar-refractivity contribution is 8.00. The number of benzene rings is 2. The fourth-order valence-corrected chi connectivity index (χ4v) is 4.93. The summed E-state index contributed by atoms with van der Waals surface area (Å²) in [6.45, 7) is 1.77. The van der Waals surface area contributed by atoms with Crippen LogP contribution in [0.5, 0.6) is 5.75 Å². The van der Waals surface area contributed by atoms with E-state index in [4.69, 9.17) is 16.3 Å². The van der Waals surface area contributed by atoms with E-state index < -0.39 is 5.25 Å². The molecule has 0 saturated carbocycles. The second-order valence-corrected chi connectivity index (χ2v) is 9.75. The number of thioether (sulfide) groups is 1. The fraction of sp³-hybridized carbons (Fsp3) is 0.120. The van der Waals surface area contributed by atoms with Crippen molar-refractivity contribution in [3.05, 3.63) is 76.6 Å². The van der Waals surface area contributed by atoms with E-state index in [1.54, 1.807) is 32.2 Å². The molecule has 1 N–H and O–H groups in total. The molecule has 0 radical (unpaired) electrons. The highest BCUT2D eigenvalue weighted by Crippen LogP contribution is 2.32. The number of amides is 1. The van der Waals surface area contributed by atoms with Gasteiger partial charge >= 0.3 is 0 Å². The van der Waals surface area contributed by atoms with Crippen molar-refractivity contribution in [1.82, 2.24) is 9.97 Å². The van der Waals surface area contributed by atoms with Gasteiger partial charge in [-0.3, -0.25) is 4.79 Å². The Morgan fingerprint density at radius 1 is 1.12 bits per heavy atom. The molecular weight excluding hydrogens is 488 g/mol. The van der Waals surface area contributed by atoms with E-state index in [9.17, 15) is 10.1 Å². The number of anilines is 1. The minimum absolute atomic E-state index is 0.231. The van der Waals surface area contributed by atoms with Crippen molar-refractivity contribution >= 4 is 45.7 Å². The van der Waals surface area contributed by atoms with E-state index in [0.29, 0.717) is 32.1 Å². The number of pyridine rings is 1. The number of carbonyl (C=O) groups is 1. The number of hydrogen-bond acceptors (Lipinski definition) is 7. The summed E-state index contributed by atoms with van der Waals surface area (Å²) in [4.78, 5) is 22.0. The molecular formula is C25H19ClN4O2S2. The Bertz CT molecular complexity index is 1370. The van der Waals surface area contributed by atoms with Crippen LogP contribution < -0.4 is 10.1 Å². The van der Waals surface area contributed by atoms with Crippen molar-refractivity contribution in [2.75, 3.05) is 12.4 Å². The highest BCUT2D eigenvalue weighted by Gasteiger charge is 2.20. The van der Waals surface area contributed by atoms with Crippen LogP contribution in [0.4, 0.5) is 5.13 Å². The molecule has 0 aliphatic rings. The normalized spacial score (nSPS) is 11.5. The van der Waals surface area contributed by atoms with Crippen LogP contribution in [0.3, 0.4) is 0 Å². The Labute approximate surface area is 210 Å². The molecule has 4 rings (SSSR count). The minimum Gasteiger partial charge on any atom is -0.497 e. The van der Waals surface area contributed by atoms with E-state index in [1.807, 2.05) is 47.8 Å².